The van der Waals surface area contributed by atoms with E-state index in [1.54, 1.807) is 0 Å². The average molecular weight is 198 g/mol. The molecule has 0 aromatic rings. The van der Waals surface area contributed by atoms with Gasteiger partial charge in [-0.05, 0) is 6.42 Å². The van der Waals surface area contributed by atoms with Gasteiger partial charge in [-0.3, -0.25) is 0 Å². The summed E-state index contributed by atoms with van der Waals surface area (Å²) < 4.78 is 13.8. The van der Waals surface area contributed by atoms with Crippen LogP contribution in [0.2, 0.25) is 0 Å². The van der Waals surface area contributed by atoms with Crippen molar-refractivity contribution in [1.82, 2.24) is 0 Å². The number of hydrogen-bond acceptors (Lipinski definition) is 3. The number of rotatable bonds is 7. The van der Waals surface area contributed by atoms with Crippen molar-refractivity contribution in [1.29, 1.82) is 0 Å². The van der Waals surface area contributed by atoms with Gasteiger partial charge in [-0.1, -0.05) is 26.2 Å². The van der Waals surface area contributed by atoms with E-state index >= 15 is 0 Å². The Balaban J connectivity index is 3.06. The summed E-state index contributed by atoms with van der Waals surface area (Å²) in [4.78, 5) is 20.6. The maximum Gasteiger partial charge on any atom is 0.496 e. The molecule has 74 valence electrons. The normalized spacial score (nSPS) is 11.9. The summed E-state index contributed by atoms with van der Waals surface area (Å²) in [5.74, 6) is 0. The molecule has 0 amide bonds. The van der Waals surface area contributed by atoms with Gasteiger partial charge >= 0.3 is 7.82 Å². The van der Waals surface area contributed by atoms with E-state index in [9.17, 15) is 4.57 Å². The second-order valence-corrected chi connectivity index (χ2v) is 3.58. The highest BCUT2D eigenvalue weighted by atomic mass is 31.2. The first-order valence-electron chi connectivity index (χ1n) is 3.93. The molecule has 0 saturated carbocycles. The van der Waals surface area contributed by atoms with Gasteiger partial charge in [0.25, 0.3) is 0 Å². The minimum atomic E-state index is -4.44. The van der Waals surface area contributed by atoms with E-state index in [-0.39, 0.29) is 6.61 Å². The Kier molecular flexibility index (Phi) is 6.61. The fraction of sp³-hybridized carbons (Fsp3) is 1.00. The monoisotopic (exact) mass is 198 g/mol. The maximum absolute atomic E-state index is 10.1. The Morgan fingerprint density at radius 3 is 2.42 bits per heavy atom. The molecule has 12 heavy (non-hydrogen) atoms. The lowest BCUT2D eigenvalue weighted by Crippen LogP contribution is -1.94. The predicted molar refractivity (Wildman–Crippen MR) is 43.2 cm³/mol. The summed E-state index contributed by atoms with van der Waals surface area (Å²) in [5, 5.41) is 0. The minimum Gasteiger partial charge on any atom is -0.301 e. The fourth-order valence-corrected chi connectivity index (χ4v) is 0.906. The topological polar surface area (TPSA) is 76.0 Å². The highest BCUT2D eigenvalue weighted by molar-refractivity contribution is 7.46. The lowest BCUT2D eigenvalue weighted by molar-refractivity contribution is -0.222. The van der Waals surface area contributed by atoms with Crippen molar-refractivity contribution in [2.45, 2.75) is 32.6 Å². The molecule has 5 nitrogen and oxygen atoms in total. The largest absolute Gasteiger partial charge is 0.496 e. The molecule has 0 aromatic heterocycles. The summed E-state index contributed by atoms with van der Waals surface area (Å²) >= 11 is 0. The smallest absolute Gasteiger partial charge is 0.301 e. The van der Waals surface area contributed by atoms with Crippen LogP contribution in [0, 0.1) is 0 Å². The molecule has 0 saturated heterocycles. The highest BCUT2D eigenvalue weighted by Crippen LogP contribution is 2.35. The van der Waals surface area contributed by atoms with Crippen LogP contribution in [0.15, 0.2) is 0 Å². The van der Waals surface area contributed by atoms with Gasteiger partial charge in [0.05, 0.1) is 6.61 Å². The van der Waals surface area contributed by atoms with Gasteiger partial charge in [0.15, 0.2) is 0 Å². The zero-order valence-electron chi connectivity index (χ0n) is 7.10. The van der Waals surface area contributed by atoms with E-state index < -0.39 is 7.82 Å². The minimum absolute atomic E-state index is 0.227. The van der Waals surface area contributed by atoms with Crippen LogP contribution in [0.4, 0.5) is 0 Å². The molecule has 0 aromatic carbocycles. The summed E-state index contributed by atoms with van der Waals surface area (Å²) in [6.45, 7) is 2.30. The average Bonchev–Trinajstić information content (AvgIpc) is 1.94. The van der Waals surface area contributed by atoms with Crippen LogP contribution in [0.25, 0.3) is 0 Å². The van der Waals surface area contributed by atoms with Crippen LogP contribution >= 0.6 is 7.82 Å². The van der Waals surface area contributed by atoms with Crippen molar-refractivity contribution in [2.75, 3.05) is 6.61 Å². The molecule has 2 N–H and O–H groups in total. The number of phosphoric acid groups is 1. The Morgan fingerprint density at radius 1 is 1.25 bits per heavy atom. The molecular formula is C6H15O5P. The Bertz CT molecular complexity index is 143. The predicted octanol–water partition coefficient (Wildman–Crippen LogP) is 1.61. The van der Waals surface area contributed by atoms with Crippen LogP contribution in [0.5, 0.6) is 0 Å². The van der Waals surface area contributed by atoms with Crippen LogP contribution < -0.4 is 0 Å². The van der Waals surface area contributed by atoms with Gasteiger partial charge in [-0.25, -0.2) is 9.45 Å². The number of unbranched alkanes of at least 4 members (excludes halogenated alkanes) is 3. The third-order valence-electron chi connectivity index (χ3n) is 1.23. The summed E-state index contributed by atoms with van der Waals surface area (Å²) in [7, 11) is -4.44. The third-order valence-corrected chi connectivity index (χ3v) is 1.53. The number of hydrogen-bond donors (Lipinski definition) is 2. The first-order valence-corrected chi connectivity index (χ1v) is 5.46. The van der Waals surface area contributed by atoms with Crippen LogP contribution in [-0.2, 0) is 14.1 Å². The van der Waals surface area contributed by atoms with E-state index in [1.165, 1.54) is 0 Å². The van der Waals surface area contributed by atoms with Gasteiger partial charge in [-0.15, -0.1) is 4.67 Å². The molecular weight excluding hydrogens is 183 g/mol. The lowest BCUT2D eigenvalue weighted by Gasteiger charge is -2.03. The van der Waals surface area contributed by atoms with Crippen molar-refractivity contribution in [3.05, 3.63) is 0 Å². The van der Waals surface area contributed by atoms with Crippen molar-refractivity contribution >= 4 is 7.82 Å². The van der Waals surface area contributed by atoms with E-state index in [0.29, 0.717) is 0 Å². The van der Waals surface area contributed by atoms with Gasteiger partial charge in [-0.2, -0.15) is 0 Å². The quantitative estimate of drug-likeness (QED) is 0.281. The van der Waals surface area contributed by atoms with Crippen LogP contribution in [0.3, 0.4) is 0 Å². The van der Waals surface area contributed by atoms with Crippen LogP contribution in [-0.4, -0.2) is 16.4 Å². The van der Waals surface area contributed by atoms with E-state index in [4.69, 9.17) is 9.79 Å². The van der Waals surface area contributed by atoms with Crippen molar-refractivity contribution in [2.24, 2.45) is 0 Å². The van der Waals surface area contributed by atoms with Crippen molar-refractivity contribution in [3.8, 4) is 0 Å². The van der Waals surface area contributed by atoms with Crippen molar-refractivity contribution in [3.63, 3.8) is 0 Å². The molecule has 6 heteroatoms. The maximum atomic E-state index is 10.1. The molecule has 0 fully saturated rings. The van der Waals surface area contributed by atoms with Gasteiger partial charge in [0.2, 0.25) is 0 Å². The van der Waals surface area contributed by atoms with E-state index in [0.717, 1.165) is 25.7 Å². The molecule has 0 aliphatic carbocycles. The third kappa shape index (κ3) is 10.1. The van der Waals surface area contributed by atoms with Gasteiger partial charge in [0, 0.05) is 0 Å². The van der Waals surface area contributed by atoms with Crippen LogP contribution in [0.1, 0.15) is 32.6 Å². The Hall–Kier alpha value is 0.0700. The zero-order chi connectivity index (χ0) is 9.45. The molecule has 0 radical (unpaired) electrons. The van der Waals surface area contributed by atoms with E-state index in [2.05, 4.69) is 16.5 Å². The van der Waals surface area contributed by atoms with Gasteiger partial charge in [0.1, 0.15) is 0 Å². The molecule has 0 bridgehead atoms. The lowest BCUT2D eigenvalue weighted by atomic mass is 10.2. The van der Waals surface area contributed by atoms with E-state index in [1.807, 2.05) is 0 Å². The molecule has 0 unspecified atom stereocenters. The fourth-order valence-electron chi connectivity index (χ4n) is 0.694. The highest BCUT2D eigenvalue weighted by Gasteiger charge is 2.14. The molecule has 0 rings (SSSR count). The molecule has 0 atom stereocenters. The second-order valence-electron chi connectivity index (χ2n) is 2.45. The Labute approximate surface area is 71.9 Å². The summed E-state index contributed by atoms with van der Waals surface area (Å²) in [6.07, 6.45) is 3.95. The summed E-state index contributed by atoms with van der Waals surface area (Å²) in [5.41, 5.74) is 0. The molecule has 0 aliphatic heterocycles. The molecule has 0 aliphatic rings. The summed E-state index contributed by atoms with van der Waals surface area (Å²) in [6, 6.07) is 0. The molecule has 0 heterocycles. The van der Waals surface area contributed by atoms with Gasteiger partial charge < -0.3 is 9.79 Å². The standard InChI is InChI=1S/C6H15O5P/c1-2-3-4-5-6-10-11-12(7,8)9/h2-6H2,1H3,(H2,7,8,9). The second kappa shape index (κ2) is 6.57. The molecule has 0 spiro atoms. The first-order chi connectivity index (χ1) is 5.56. The zero-order valence-corrected chi connectivity index (χ0v) is 8.00. The SMILES string of the molecule is CCCCCCOOP(=O)(O)O. The first kappa shape index (κ1) is 12.1. The Morgan fingerprint density at radius 2 is 1.92 bits per heavy atom. The van der Waals surface area contributed by atoms with Crippen molar-refractivity contribution < 1.29 is 23.9 Å².